The minimum atomic E-state index is -0.432. The van der Waals surface area contributed by atoms with E-state index in [9.17, 15) is 10.1 Å². The van der Waals surface area contributed by atoms with Crippen molar-refractivity contribution >= 4 is 34.4 Å². The molecule has 1 aliphatic rings. The predicted octanol–water partition coefficient (Wildman–Crippen LogP) is 4.30. The van der Waals surface area contributed by atoms with Crippen LogP contribution in [0.2, 0.25) is 0 Å². The fourth-order valence-corrected chi connectivity index (χ4v) is 3.24. The van der Waals surface area contributed by atoms with Crippen LogP contribution in [0.25, 0.3) is 0 Å². The second-order valence-corrected chi connectivity index (χ2v) is 7.15. The number of nitrogens with one attached hydrogen (secondary N) is 1. The molecule has 1 N–H and O–H groups in total. The fraction of sp³-hybridized carbons (Fsp3) is 0.238. The third-order valence-corrected chi connectivity index (χ3v) is 4.96. The second-order valence-electron chi connectivity index (χ2n) is 7.15. The van der Waals surface area contributed by atoms with Gasteiger partial charge in [-0.25, -0.2) is 9.97 Å². The van der Waals surface area contributed by atoms with Gasteiger partial charge in [-0.05, 0) is 43.4 Å². The van der Waals surface area contributed by atoms with Crippen molar-refractivity contribution in [3.05, 3.63) is 71.0 Å². The Morgan fingerprint density at radius 1 is 0.935 bits per heavy atom. The summed E-state index contributed by atoms with van der Waals surface area (Å²) in [4.78, 5) is 23.8. The Bertz CT molecular complexity index is 1060. The summed E-state index contributed by atoms with van der Waals surface area (Å²) in [5.41, 5.74) is 1.96. The summed E-state index contributed by atoms with van der Waals surface area (Å²) in [7, 11) is 2.03. The van der Waals surface area contributed by atoms with Crippen molar-refractivity contribution < 1.29 is 4.92 Å². The van der Waals surface area contributed by atoms with Gasteiger partial charge in [0.25, 0.3) is 0 Å². The Kier molecular flexibility index (Phi) is 6.08. The van der Waals surface area contributed by atoms with Gasteiger partial charge in [-0.15, -0.1) is 0 Å². The number of piperazine rings is 1. The van der Waals surface area contributed by atoms with Crippen molar-refractivity contribution in [2.75, 3.05) is 43.4 Å². The smallest absolute Gasteiger partial charge is 0.348 e. The molecular formula is C21H22N8O2. The minimum Gasteiger partial charge on any atom is -0.348 e. The zero-order chi connectivity index (χ0) is 21.6. The number of hydrogen-bond acceptors (Lipinski definition) is 9. The molecule has 2 heterocycles. The quantitative estimate of drug-likeness (QED) is 0.361. The van der Waals surface area contributed by atoms with Crippen molar-refractivity contribution in [3.8, 4) is 0 Å². The highest BCUT2D eigenvalue weighted by atomic mass is 16.6. The van der Waals surface area contributed by atoms with Crippen LogP contribution < -0.4 is 10.2 Å². The highest BCUT2D eigenvalue weighted by Crippen LogP contribution is 2.34. The molecule has 0 bridgehead atoms. The first-order chi connectivity index (χ1) is 15.1. The van der Waals surface area contributed by atoms with E-state index < -0.39 is 4.92 Å². The van der Waals surface area contributed by atoms with Crippen LogP contribution in [0.4, 0.5) is 34.4 Å². The summed E-state index contributed by atoms with van der Waals surface area (Å²) in [6.45, 7) is 3.00. The second kappa shape index (κ2) is 9.26. The maximum atomic E-state index is 11.8. The lowest BCUT2D eigenvalue weighted by Gasteiger charge is -2.32. The largest absolute Gasteiger partial charge is 0.353 e. The van der Waals surface area contributed by atoms with Crippen LogP contribution in [0.1, 0.15) is 0 Å². The molecule has 0 unspecified atom stereocenters. The van der Waals surface area contributed by atoms with E-state index in [0.717, 1.165) is 18.8 Å². The molecule has 0 spiro atoms. The Hall–Kier alpha value is -3.92. The van der Waals surface area contributed by atoms with Gasteiger partial charge >= 0.3 is 5.69 Å². The van der Waals surface area contributed by atoms with Gasteiger partial charge in [-0.3, -0.25) is 10.1 Å². The van der Waals surface area contributed by atoms with Gasteiger partial charge in [-0.2, -0.15) is 10.2 Å². The molecule has 1 aromatic heterocycles. The van der Waals surface area contributed by atoms with Gasteiger partial charge in [0, 0.05) is 31.9 Å². The number of anilines is 3. The number of aromatic nitrogens is 2. The van der Waals surface area contributed by atoms with E-state index >= 15 is 0 Å². The molecule has 0 radical (unpaired) electrons. The van der Waals surface area contributed by atoms with E-state index in [1.165, 1.54) is 6.33 Å². The lowest BCUT2D eigenvalue weighted by molar-refractivity contribution is -0.383. The van der Waals surface area contributed by atoms with Crippen molar-refractivity contribution in [1.82, 2.24) is 14.9 Å². The molecule has 158 valence electrons. The molecule has 10 nitrogen and oxygen atoms in total. The number of benzene rings is 2. The molecule has 31 heavy (non-hydrogen) atoms. The monoisotopic (exact) mass is 418 g/mol. The maximum Gasteiger partial charge on any atom is 0.353 e. The zero-order valence-corrected chi connectivity index (χ0v) is 17.0. The topological polar surface area (TPSA) is 112 Å². The average Bonchev–Trinajstić information content (AvgIpc) is 2.79. The normalized spacial score (nSPS) is 14.7. The van der Waals surface area contributed by atoms with Gasteiger partial charge in [0.2, 0.25) is 11.6 Å². The number of rotatable bonds is 6. The summed E-state index contributed by atoms with van der Waals surface area (Å²) >= 11 is 0. The highest BCUT2D eigenvalue weighted by molar-refractivity contribution is 5.74. The van der Waals surface area contributed by atoms with Crippen LogP contribution in [0.15, 0.2) is 71.2 Å². The predicted molar refractivity (Wildman–Crippen MR) is 119 cm³/mol. The molecular weight excluding hydrogens is 396 g/mol. The average molecular weight is 418 g/mol. The first-order valence-corrected chi connectivity index (χ1v) is 9.87. The third-order valence-electron chi connectivity index (χ3n) is 4.96. The summed E-state index contributed by atoms with van der Waals surface area (Å²) in [5, 5.41) is 23.3. The zero-order valence-electron chi connectivity index (χ0n) is 17.0. The molecule has 10 heteroatoms. The van der Waals surface area contributed by atoms with Crippen LogP contribution in [-0.2, 0) is 0 Å². The van der Waals surface area contributed by atoms with Crippen molar-refractivity contribution in [1.29, 1.82) is 0 Å². The van der Waals surface area contributed by atoms with Gasteiger partial charge in [0.1, 0.15) is 6.33 Å². The van der Waals surface area contributed by atoms with Gasteiger partial charge in [0.15, 0.2) is 0 Å². The molecule has 2 aromatic carbocycles. The first-order valence-electron chi connectivity index (χ1n) is 9.87. The lowest BCUT2D eigenvalue weighted by Crippen LogP contribution is -2.45. The molecule has 0 aliphatic carbocycles. The highest BCUT2D eigenvalue weighted by Gasteiger charge is 2.28. The molecule has 1 aliphatic heterocycles. The van der Waals surface area contributed by atoms with E-state index in [1.54, 1.807) is 24.3 Å². The summed E-state index contributed by atoms with van der Waals surface area (Å²) in [6, 6.07) is 16.6. The van der Waals surface area contributed by atoms with E-state index in [2.05, 4.69) is 30.4 Å². The standard InChI is InChI=1S/C21H22N8O2/c1-27-11-13-28(14-12-27)21-19(29(30)31)20(22-15-23-21)24-16-7-9-18(10-8-16)26-25-17-5-3-2-4-6-17/h2-10,15H,11-14H2,1H3,(H,22,23,24). The van der Waals surface area contributed by atoms with Crippen LogP contribution in [-0.4, -0.2) is 53.0 Å². The molecule has 0 amide bonds. The van der Waals surface area contributed by atoms with Crippen LogP contribution in [0.3, 0.4) is 0 Å². The molecule has 4 rings (SSSR count). The third kappa shape index (κ3) is 4.98. The van der Waals surface area contributed by atoms with Crippen molar-refractivity contribution in [2.24, 2.45) is 10.2 Å². The maximum absolute atomic E-state index is 11.8. The number of azo groups is 1. The van der Waals surface area contributed by atoms with E-state index in [-0.39, 0.29) is 11.5 Å². The van der Waals surface area contributed by atoms with E-state index in [1.807, 2.05) is 42.3 Å². The SMILES string of the molecule is CN1CCN(c2ncnc(Nc3ccc(N=Nc4ccccc4)cc3)c2[N+](=O)[O-])CC1. The summed E-state index contributed by atoms with van der Waals surface area (Å²) in [6.07, 6.45) is 1.35. The Morgan fingerprint density at radius 2 is 1.58 bits per heavy atom. The summed E-state index contributed by atoms with van der Waals surface area (Å²) < 4.78 is 0. The van der Waals surface area contributed by atoms with Gasteiger partial charge < -0.3 is 15.1 Å². The van der Waals surface area contributed by atoms with Gasteiger partial charge in [0.05, 0.1) is 16.3 Å². The van der Waals surface area contributed by atoms with Crippen LogP contribution in [0, 0.1) is 10.1 Å². The summed E-state index contributed by atoms with van der Waals surface area (Å²) in [5.74, 6) is 0.497. The van der Waals surface area contributed by atoms with Crippen LogP contribution in [0.5, 0.6) is 0 Å². The van der Waals surface area contributed by atoms with Crippen LogP contribution >= 0.6 is 0 Å². The number of likely N-dealkylation sites (N-methyl/N-ethyl adjacent to an activating group) is 1. The van der Waals surface area contributed by atoms with Crippen molar-refractivity contribution in [3.63, 3.8) is 0 Å². The Balaban J connectivity index is 1.53. The Morgan fingerprint density at radius 3 is 2.23 bits per heavy atom. The van der Waals surface area contributed by atoms with Crippen molar-refractivity contribution in [2.45, 2.75) is 0 Å². The molecule has 1 fully saturated rings. The number of hydrogen-bond donors (Lipinski definition) is 1. The number of nitrogens with zero attached hydrogens (tertiary/aromatic N) is 7. The first kappa shape index (κ1) is 20.4. The van der Waals surface area contributed by atoms with E-state index in [0.29, 0.717) is 30.3 Å². The molecule has 1 saturated heterocycles. The number of nitro groups is 1. The minimum absolute atomic E-state index is 0.125. The lowest BCUT2D eigenvalue weighted by atomic mass is 10.2. The molecule has 0 atom stereocenters. The Labute approximate surface area is 179 Å². The molecule has 3 aromatic rings. The van der Waals surface area contributed by atoms with Gasteiger partial charge in [-0.1, -0.05) is 18.2 Å². The molecule has 0 saturated carbocycles. The fourth-order valence-electron chi connectivity index (χ4n) is 3.24. The van der Waals surface area contributed by atoms with E-state index in [4.69, 9.17) is 0 Å².